The molecule has 0 atom stereocenters. The molecule has 2 aliphatic heterocycles. The molecule has 6 heteroatoms. The van der Waals surface area contributed by atoms with Crippen LogP contribution in [0.25, 0.3) is 12.2 Å². The van der Waals surface area contributed by atoms with E-state index in [2.05, 4.69) is 10.6 Å². The number of anilines is 2. The van der Waals surface area contributed by atoms with Gasteiger partial charge < -0.3 is 10.6 Å². The molecule has 0 saturated heterocycles. The molecule has 5 rings (SSSR count). The number of nitrogens with one attached hydrogen (secondary N) is 2. The average Bonchev–Trinajstić information content (AvgIpc) is 3.40. The van der Waals surface area contributed by atoms with Crippen molar-refractivity contribution < 1.29 is 19.2 Å². The highest BCUT2D eigenvalue weighted by molar-refractivity contribution is 6.09. The number of rotatable bonds is 6. The van der Waals surface area contributed by atoms with Crippen molar-refractivity contribution in [2.75, 3.05) is 10.6 Å². The van der Waals surface area contributed by atoms with Crippen LogP contribution >= 0.6 is 0 Å². The Balaban J connectivity index is 1.26. The van der Waals surface area contributed by atoms with Crippen molar-refractivity contribution in [2.24, 2.45) is 0 Å². The van der Waals surface area contributed by atoms with E-state index in [1.165, 1.54) is 12.2 Å². The van der Waals surface area contributed by atoms with Crippen LogP contribution in [0.2, 0.25) is 0 Å². The lowest BCUT2D eigenvalue weighted by Crippen LogP contribution is -2.03. The van der Waals surface area contributed by atoms with Gasteiger partial charge in [0.1, 0.15) is 0 Å². The molecule has 0 aliphatic carbocycles. The van der Waals surface area contributed by atoms with E-state index in [0.29, 0.717) is 11.1 Å². The topological polar surface area (TPSA) is 92.3 Å². The fourth-order valence-electron chi connectivity index (χ4n) is 4.07. The lowest BCUT2D eigenvalue weighted by molar-refractivity contribution is -0.115. The van der Waals surface area contributed by atoms with Crippen LogP contribution in [0.1, 0.15) is 43.0 Å². The standard InChI is InChI=1S/C28H20N2O4/c31-25(19-6-8-23-21(13-19)15-27(33)29-23)10-4-17-2-1-3-18(12-17)5-11-26(32)20-7-9-24-22(14-20)16-28(34)30-24/h1-14H,15-16H2,(H,29,33)(H,30,34)/b10-4+,11-5+. The first-order valence-electron chi connectivity index (χ1n) is 10.8. The number of ketones is 2. The van der Waals surface area contributed by atoms with Gasteiger partial charge in [0.05, 0.1) is 12.8 Å². The first-order valence-corrected chi connectivity index (χ1v) is 10.8. The molecule has 6 nitrogen and oxygen atoms in total. The molecule has 0 aromatic heterocycles. The van der Waals surface area contributed by atoms with Crippen molar-refractivity contribution in [3.8, 4) is 0 Å². The summed E-state index contributed by atoms with van der Waals surface area (Å²) in [5.41, 5.74) is 5.86. The minimum absolute atomic E-state index is 0.0678. The van der Waals surface area contributed by atoms with E-state index in [0.717, 1.165) is 33.6 Å². The second-order valence-electron chi connectivity index (χ2n) is 8.26. The van der Waals surface area contributed by atoms with Crippen molar-refractivity contribution in [1.82, 2.24) is 0 Å². The Hall–Kier alpha value is -4.58. The summed E-state index contributed by atoms with van der Waals surface area (Å²) in [4.78, 5) is 48.2. The second kappa shape index (κ2) is 8.75. The Morgan fingerprint density at radius 3 is 1.59 bits per heavy atom. The number of allylic oxidation sites excluding steroid dienone is 2. The van der Waals surface area contributed by atoms with Gasteiger partial charge in [-0.3, -0.25) is 19.2 Å². The van der Waals surface area contributed by atoms with Gasteiger partial charge in [0, 0.05) is 22.5 Å². The summed E-state index contributed by atoms with van der Waals surface area (Å²) in [6, 6.07) is 17.9. The number of benzene rings is 3. The third-order valence-corrected chi connectivity index (χ3v) is 5.79. The minimum atomic E-state index is -0.150. The van der Waals surface area contributed by atoms with Crippen molar-refractivity contribution in [3.05, 3.63) is 106 Å². The van der Waals surface area contributed by atoms with Gasteiger partial charge in [0.2, 0.25) is 11.8 Å². The zero-order chi connectivity index (χ0) is 23.7. The van der Waals surface area contributed by atoms with Gasteiger partial charge in [-0.05, 0) is 76.9 Å². The maximum Gasteiger partial charge on any atom is 0.228 e. The van der Waals surface area contributed by atoms with E-state index in [9.17, 15) is 19.2 Å². The number of carbonyl (C=O) groups is 4. The van der Waals surface area contributed by atoms with E-state index in [-0.39, 0.29) is 36.2 Å². The zero-order valence-electron chi connectivity index (χ0n) is 18.1. The zero-order valence-corrected chi connectivity index (χ0v) is 18.1. The van der Waals surface area contributed by atoms with Crippen molar-refractivity contribution in [2.45, 2.75) is 12.8 Å². The lowest BCUT2D eigenvalue weighted by Gasteiger charge is -2.02. The molecule has 2 heterocycles. The number of amides is 2. The molecule has 0 unspecified atom stereocenters. The van der Waals surface area contributed by atoms with Crippen LogP contribution in [-0.4, -0.2) is 23.4 Å². The van der Waals surface area contributed by atoms with Crippen LogP contribution in [0, 0.1) is 0 Å². The fourth-order valence-corrected chi connectivity index (χ4v) is 4.07. The number of carbonyl (C=O) groups excluding carboxylic acids is 4. The van der Waals surface area contributed by atoms with E-state index >= 15 is 0 Å². The predicted octanol–water partition coefficient (Wildman–Crippen LogP) is 4.47. The maximum atomic E-state index is 12.6. The monoisotopic (exact) mass is 448 g/mol. The number of fused-ring (bicyclic) bond motifs is 2. The molecule has 0 bridgehead atoms. The van der Waals surface area contributed by atoms with Crippen LogP contribution in [0.4, 0.5) is 11.4 Å². The third kappa shape index (κ3) is 4.47. The van der Waals surface area contributed by atoms with Gasteiger partial charge >= 0.3 is 0 Å². The number of hydrogen-bond acceptors (Lipinski definition) is 4. The first kappa shape index (κ1) is 21.3. The normalized spacial score (nSPS) is 14.2. The summed E-state index contributed by atoms with van der Waals surface area (Å²) in [5.74, 6) is -0.436. The fraction of sp³-hybridized carbons (Fsp3) is 0.0714. The van der Waals surface area contributed by atoms with Crippen LogP contribution in [-0.2, 0) is 22.4 Å². The van der Waals surface area contributed by atoms with Gasteiger partial charge in [0.25, 0.3) is 0 Å². The first-order chi connectivity index (χ1) is 16.4. The predicted molar refractivity (Wildman–Crippen MR) is 131 cm³/mol. The average molecular weight is 448 g/mol. The van der Waals surface area contributed by atoms with Crippen LogP contribution in [0.15, 0.2) is 72.8 Å². The quantitative estimate of drug-likeness (QED) is 0.430. The van der Waals surface area contributed by atoms with Crippen LogP contribution in [0.3, 0.4) is 0 Å². The summed E-state index contributed by atoms with van der Waals surface area (Å²) in [6.07, 6.45) is 7.02. The van der Waals surface area contributed by atoms with E-state index in [1.54, 1.807) is 48.6 Å². The Morgan fingerprint density at radius 2 is 1.12 bits per heavy atom. The molecule has 34 heavy (non-hydrogen) atoms. The highest BCUT2D eigenvalue weighted by Crippen LogP contribution is 2.25. The third-order valence-electron chi connectivity index (χ3n) is 5.79. The summed E-state index contributed by atoms with van der Waals surface area (Å²) in [7, 11) is 0. The van der Waals surface area contributed by atoms with Gasteiger partial charge in [-0.1, -0.05) is 30.4 Å². The van der Waals surface area contributed by atoms with E-state index in [1.807, 2.05) is 24.3 Å². The molecule has 166 valence electrons. The molecule has 2 amide bonds. The Labute approximate surface area is 196 Å². The van der Waals surface area contributed by atoms with Gasteiger partial charge in [-0.15, -0.1) is 0 Å². The largest absolute Gasteiger partial charge is 0.326 e. The molecule has 2 N–H and O–H groups in total. The molecule has 0 spiro atoms. The van der Waals surface area contributed by atoms with Crippen LogP contribution < -0.4 is 10.6 Å². The van der Waals surface area contributed by atoms with Crippen molar-refractivity contribution >= 4 is 46.9 Å². The highest BCUT2D eigenvalue weighted by Gasteiger charge is 2.19. The summed E-state index contributed by atoms with van der Waals surface area (Å²) in [6.45, 7) is 0. The molecule has 2 aliphatic rings. The summed E-state index contributed by atoms with van der Waals surface area (Å²) in [5, 5.41) is 5.51. The maximum absolute atomic E-state index is 12.6. The van der Waals surface area contributed by atoms with Crippen molar-refractivity contribution in [1.29, 1.82) is 0 Å². The molecule has 0 saturated carbocycles. The van der Waals surface area contributed by atoms with Gasteiger partial charge in [-0.25, -0.2) is 0 Å². The summed E-state index contributed by atoms with van der Waals surface area (Å²) >= 11 is 0. The number of hydrogen-bond donors (Lipinski definition) is 2. The molecular formula is C28H20N2O4. The van der Waals surface area contributed by atoms with Crippen LogP contribution in [0.5, 0.6) is 0 Å². The minimum Gasteiger partial charge on any atom is -0.326 e. The molecule has 0 radical (unpaired) electrons. The van der Waals surface area contributed by atoms with Gasteiger partial charge in [-0.2, -0.15) is 0 Å². The smallest absolute Gasteiger partial charge is 0.228 e. The van der Waals surface area contributed by atoms with Gasteiger partial charge in [0.15, 0.2) is 11.6 Å². The molecule has 3 aromatic rings. The van der Waals surface area contributed by atoms with Crippen molar-refractivity contribution in [3.63, 3.8) is 0 Å². The Morgan fingerprint density at radius 1 is 0.647 bits per heavy atom. The highest BCUT2D eigenvalue weighted by atomic mass is 16.2. The second-order valence-corrected chi connectivity index (χ2v) is 8.26. The molecular weight excluding hydrogens is 428 g/mol. The Kier molecular flexibility index (Phi) is 5.47. The SMILES string of the molecule is O=C1Cc2cc(C(=O)/C=C/c3cccc(/C=C/C(=O)c4ccc5c(c4)CC(=O)N5)c3)ccc2N1. The van der Waals surface area contributed by atoms with E-state index in [4.69, 9.17) is 0 Å². The lowest BCUT2D eigenvalue weighted by atomic mass is 10.0. The molecule has 0 fully saturated rings. The van der Waals surface area contributed by atoms with E-state index < -0.39 is 0 Å². The Bertz CT molecular complexity index is 1330. The molecule has 3 aromatic carbocycles. The summed E-state index contributed by atoms with van der Waals surface area (Å²) < 4.78 is 0.